The second kappa shape index (κ2) is 5.19. The molecule has 3 heteroatoms. The van der Waals surface area contributed by atoms with Gasteiger partial charge >= 0.3 is 0 Å². The molecule has 0 aromatic heterocycles. The summed E-state index contributed by atoms with van der Waals surface area (Å²) >= 11 is 0. The van der Waals surface area contributed by atoms with E-state index in [4.69, 9.17) is 0 Å². The van der Waals surface area contributed by atoms with Crippen LogP contribution in [0.3, 0.4) is 0 Å². The van der Waals surface area contributed by atoms with Gasteiger partial charge in [-0.05, 0) is 0 Å². The number of Topliss-reactive ketones (excluding diaryl/α,β-unsaturated/α-hetero) is 2. The van der Waals surface area contributed by atoms with Gasteiger partial charge in [0.2, 0.25) is 11.6 Å². The molecule has 0 amide bonds. The highest BCUT2D eigenvalue weighted by atomic mass is 16.2. The summed E-state index contributed by atoms with van der Waals surface area (Å²) in [5, 5.41) is 0. The third-order valence-electron chi connectivity index (χ3n) is 2.57. The Labute approximate surface area is 104 Å². The normalized spacial score (nSPS) is 9.78. The summed E-state index contributed by atoms with van der Waals surface area (Å²) in [5.74, 6) is -1.27. The van der Waals surface area contributed by atoms with E-state index < -0.39 is 11.6 Å². The van der Waals surface area contributed by atoms with Gasteiger partial charge < -0.3 is 0 Å². The number of carbonyl (C=O) groups is 3. The highest BCUT2D eigenvalue weighted by Crippen LogP contribution is 2.11. The van der Waals surface area contributed by atoms with Gasteiger partial charge in [0.05, 0.1) is 0 Å². The Morgan fingerprint density at radius 1 is 0.778 bits per heavy atom. The molecule has 0 unspecified atom stereocenters. The maximum Gasteiger partial charge on any atom is 0.234 e. The third-order valence-corrected chi connectivity index (χ3v) is 2.57. The number of hydrogen-bond acceptors (Lipinski definition) is 3. The lowest BCUT2D eigenvalue weighted by molar-refractivity contribution is 0.0816. The summed E-state index contributed by atoms with van der Waals surface area (Å²) < 4.78 is 0. The van der Waals surface area contributed by atoms with Crippen LogP contribution in [0.2, 0.25) is 0 Å². The molecule has 0 fully saturated rings. The van der Waals surface area contributed by atoms with Crippen LogP contribution in [0.1, 0.15) is 31.1 Å². The van der Waals surface area contributed by atoms with Gasteiger partial charge in [-0.1, -0.05) is 54.6 Å². The summed E-state index contributed by atoms with van der Waals surface area (Å²) in [4.78, 5) is 34.8. The molecule has 88 valence electrons. The van der Waals surface area contributed by atoms with Gasteiger partial charge in [-0.25, -0.2) is 0 Å². The highest BCUT2D eigenvalue weighted by Gasteiger charge is 2.20. The molecule has 0 aliphatic rings. The van der Waals surface area contributed by atoms with Crippen LogP contribution in [-0.4, -0.2) is 17.9 Å². The number of carbonyl (C=O) groups excluding carboxylic acids is 3. The van der Waals surface area contributed by atoms with E-state index in [2.05, 4.69) is 0 Å². The third kappa shape index (κ3) is 2.25. The summed E-state index contributed by atoms with van der Waals surface area (Å²) in [7, 11) is 0. The number of aldehydes is 1. The molecule has 0 spiro atoms. The van der Waals surface area contributed by atoms with Gasteiger partial charge in [0, 0.05) is 16.7 Å². The van der Waals surface area contributed by atoms with Crippen molar-refractivity contribution in [1.82, 2.24) is 0 Å². The van der Waals surface area contributed by atoms with Gasteiger partial charge in [-0.15, -0.1) is 0 Å². The SMILES string of the molecule is O=Cc1ccccc1C(=O)C(=O)c1ccccc1. The second-order valence-corrected chi connectivity index (χ2v) is 3.73. The Balaban J connectivity index is 2.38. The van der Waals surface area contributed by atoms with E-state index in [1.807, 2.05) is 0 Å². The lowest BCUT2D eigenvalue weighted by Gasteiger charge is -2.02. The summed E-state index contributed by atoms with van der Waals surface area (Å²) in [6.45, 7) is 0. The standard InChI is InChI=1S/C15H10O3/c16-10-12-8-4-5-9-13(12)15(18)14(17)11-6-2-1-3-7-11/h1-10H. The van der Waals surface area contributed by atoms with E-state index in [1.165, 1.54) is 12.1 Å². The van der Waals surface area contributed by atoms with Gasteiger partial charge in [0.25, 0.3) is 0 Å². The number of rotatable bonds is 4. The van der Waals surface area contributed by atoms with Crippen LogP contribution >= 0.6 is 0 Å². The monoisotopic (exact) mass is 238 g/mol. The average Bonchev–Trinajstić information content (AvgIpc) is 2.46. The molecule has 0 bridgehead atoms. The van der Waals surface area contributed by atoms with Crippen molar-refractivity contribution in [2.24, 2.45) is 0 Å². The predicted octanol–water partition coefficient (Wildman–Crippen LogP) is 2.56. The molecule has 0 saturated heterocycles. The maximum absolute atomic E-state index is 12.0. The molecule has 3 nitrogen and oxygen atoms in total. The van der Waals surface area contributed by atoms with Gasteiger partial charge in [-0.2, -0.15) is 0 Å². The molecule has 18 heavy (non-hydrogen) atoms. The molecule has 0 saturated carbocycles. The van der Waals surface area contributed by atoms with Crippen molar-refractivity contribution in [1.29, 1.82) is 0 Å². The topological polar surface area (TPSA) is 51.2 Å². The zero-order valence-electron chi connectivity index (χ0n) is 9.50. The van der Waals surface area contributed by atoms with E-state index in [-0.39, 0.29) is 11.1 Å². The smallest absolute Gasteiger partial charge is 0.234 e. The number of benzene rings is 2. The van der Waals surface area contributed by atoms with Gasteiger partial charge in [-0.3, -0.25) is 14.4 Å². The molecule has 2 aromatic carbocycles. The van der Waals surface area contributed by atoms with Crippen molar-refractivity contribution in [2.45, 2.75) is 0 Å². The van der Waals surface area contributed by atoms with E-state index in [0.29, 0.717) is 11.8 Å². The molecule has 0 heterocycles. The number of ketones is 2. The van der Waals surface area contributed by atoms with E-state index >= 15 is 0 Å². The van der Waals surface area contributed by atoms with E-state index in [9.17, 15) is 14.4 Å². The fraction of sp³-hybridized carbons (Fsp3) is 0. The fourth-order valence-electron chi connectivity index (χ4n) is 1.65. The van der Waals surface area contributed by atoms with Crippen molar-refractivity contribution in [3.05, 3.63) is 71.3 Å². The van der Waals surface area contributed by atoms with Gasteiger partial charge in [0.15, 0.2) is 6.29 Å². The molecule has 0 aliphatic heterocycles. The molecule has 2 aromatic rings. The Hall–Kier alpha value is -2.55. The van der Waals surface area contributed by atoms with Crippen molar-refractivity contribution < 1.29 is 14.4 Å². The van der Waals surface area contributed by atoms with Crippen molar-refractivity contribution in [3.63, 3.8) is 0 Å². The zero-order chi connectivity index (χ0) is 13.0. The predicted molar refractivity (Wildman–Crippen MR) is 66.9 cm³/mol. The lowest BCUT2D eigenvalue weighted by Crippen LogP contribution is -2.16. The minimum atomic E-state index is -0.663. The number of hydrogen-bond donors (Lipinski definition) is 0. The first kappa shape index (κ1) is 11.9. The largest absolute Gasteiger partial charge is 0.298 e. The van der Waals surface area contributed by atoms with Crippen LogP contribution in [-0.2, 0) is 0 Å². The Morgan fingerprint density at radius 2 is 1.39 bits per heavy atom. The molecule has 0 N–H and O–H groups in total. The molecule has 0 aliphatic carbocycles. The average molecular weight is 238 g/mol. The van der Waals surface area contributed by atoms with E-state index in [0.717, 1.165) is 0 Å². The van der Waals surface area contributed by atoms with Gasteiger partial charge in [0.1, 0.15) is 0 Å². The van der Waals surface area contributed by atoms with Crippen molar-refractivity contribution >= 4 is 17.9 Å². The fourth-order valence-corrected chi connectivity index (χ4v) is 1.65. The molecule has 2 rings (SSSR count). The quantitative estimate of drug-likeness (QED) is 0.467. The maximum atomic E-state index is 12.0. The minimum absolute atomic E-state index is 0.140. The van der Waals surface area contributed by atoms with Crippen molar-refractivity contribution in [2.75, 3.05) is 0 Å². The summed E-state index contributed by atoms with van der Waals surface area (Å²) in [5.41, 5.74) is 0.691. The zero-order valence-corrected chi connectivity index (χ0v) is 9.50. The Kier molecular flexibility index (Phi) is 3.44. The van der Waals surface area contributed by atoms with Crippen LogP contribution < -0.4 is 0 Å². The van der Waals surface area contributed by atoms with Crippen LogP contribution in [0.25, 0.3) is 0 Å². The van der Waals surface area contributed by atoms with Crippen LogP contribution in [0.5, 0.6) is 0 Å². The first-order valence-electron chi connectivity index (χ1n) is 5.42. The Bertz CT molecular complexity index is 600. The highest BCUT2D eigenvalue weighted by molar-refractivity contribution is 6.49. The molecule has 0 atom stereocenters. The van der Waals surface area contributed by atoms with Crippen LogP contribution in [0, 0.1) is 0 Å². The van der Waals surface area contributed by atoms with Crippen LogP contribution in [0.15, 0.2) is 54.6 Å². The molecular formula is C15H10O3. The first-order chi connectivity index (χ1) is 8.74. The molecule has 0 radical (unpaired) electrons. The summed E-state index contributed by atoms with van der Waals surface area (Å²) in [6, 6.07) is 14.5. The summed E-state index contributed by atoms with van der Waals surface area (Å²) in [6.07, 6.45) is 0.575. The first-order valence-corrected chi connectivity index (χ1v) is 5.42. The lowest BCUT2D eigenvalue weighted by atomic mass is 9.98. The van der Waals surface area contributed by atoms with E-state index in [1.54, 1.807) is 42.5 Å². The Morgan fingerprint density at radius 3 is 2.06 bits per heavy atom. The van der Waals surface area contributed by atoms with Crippen LogP contribution in [0.4, 0.5) is 0 Å². The molecular weight excluding hydrogens is 228 g/mol. The van der Waals surface area contributed by atoms with Crippen molar-refractivity contribution in [3.8, 4) is 0 Å². The minimum Gasteiger partial charge on any atom is -0.298 e. The second-order valence-electron chi connectivity index (χ2n) is 3.73.